The maximum Gasteiger partial charge on any atom is 0.226 e. The normalized spacial score (nSPS) is 25.2. The van der Waals surface area contributed by atoms with E-state index in [1.807, 2.05) is 4.90 Å². The van der Waals surface area contributed by atoms with Crippen LogP contribution in [0.25, 0.3) is 0 Å². The van der Waals surface area contributed by atoms with Crippen molar-refractivity contribution in [1.29, 1.82) is 0 Å². The molecule has 0 aromatic heterocycles. The maximum absolute atomic E-state index is 12.0. The molecule has 19 heavy (non-hydrogen) atoms. The molecule has 3 rings (SSSR count). The summed E-state index contributed by atoms with van der Waals surface area (Å²) in [4.78, 5) is 16.4. The molecule has 0 unspecified atom stereocenters. The maximum atomic E-state index is 12.0. The van der Waals surface area contributed by atoms with Crippen LogP contribution in [0.1, 0.15) is 32.1 Å². The first-order valence-corrected chi connectivity index (χ1v) is 7.38. The number of carbonyl (C=O) groups excluding carboxylic acids is 1. The van der Waals surface area contributed by atoms with Gasteiger partial charge in [-0.25, -0.2) is 0 Å². The molecule has 4 heteroatoms. The summed E-state index contributed by atoms with van der Waals surface area (Å²) in [5.74, 6) is 0.306. The Hall–Kier alpha value is -1.29. The number of allylic oxidation sites excluding steroid dienone is 3. The Kier molecular flexibility index (Phi) is 3.87. The van der Waals surface area contributed by atoms with E-state index in [9.17, 15) is 4.79 Å². The second kappa shape index (κ2) is 5.78. The van der Waals surface area contributed by atoms with Crippen molar-refractivity contribution in [1.82, 2.24) is 9.80 Å². The number of hydrogen-bond donors (Lipinski definition) is 0. The summed E-state index contributed by atoms with van der Waals surface area (Å²) in [6.45, 7) is 4.44. The SMILES string of the molecule is O=C1CCCCN1C1=CC(N2CCOCC2)=CCC1. The van der Waals surface area contributed by atoms with Crippen molar-refractivity contribution in [3.63, 3.8) is 0 Å². The van der Waals surface area contributed by atoms with Gasteiger partial charge in [-0.05, 0) is 31.8 Å². The van der Waals surface area contributed by atoms with E-state index in [0.29, 0.717) is 12.3 Å². The molecule has 2 heterocycles. The lowest BCUT2D eigenvalue weighted by Gasteiger charge is -2.34. The molecular weight excluding hydrogens is 240 g/mol. The predicted octanol–water partition coefficient (Wildman–Crippen LogP) is 1.89. The minimum Gasteiger partial charge on any atom is -0.378 e. The highest BCUT2D eigenvalue weighted by Crippen LogP contribution is 2.26. The van der Waals surface area contributed by atoms with Crippen molar-refractivity contribution < 1.29 is 9.53 Å². The summed E-state index contributed by atoms with van der Waals surface area (Å²) in [5.41, 5.74) is 2.50. The van der Waals surface area contributed by atoms with E-state index in [2.05, 4.69) is 17.1 Å². The highest BCUT2D eigenvalue weighted by Gasteiger charge is 2.24. The molecular formula is C15H22N2O2. The van der Waals surface area contributed by atoms with E-state index in [1.54, 1.807) is 0 Å². The molecule has 1 amide bonds. The second-order valence-corrected chi connectivity index (χ2v) is 5.41. The number of ether oxygens (including phenoxy) is 1. The Labute approximate surface area is 114 Å². The van der Waals surface area contributed by atoms with Gasteiger partial charge in [-0.1, -0.05) is 6.08 Å². The zero-order valence-corrected chi connectivity index (χ0v) is 11.4. The lowest BCUT2D eigenvalue weighted by Crippen LogP contribution is -2.38. The highest BCUT2D eigenvalue weighted by molar-refractivity contribution is 5.78. The molecule has 0 bridgehead atoms. The number of morpholine rings is 1. The van der Waals surface area contributed by atoms with Gasteiger partial charge in [0.05, 0.1) is 13.2 Å². The van der Waals surface area contributed by atoms with Gasteiger partial charge in [-0.2, -0.15) is 0 Å². The van der Waals surface area contributed by atoms with Gasteiger partial charge < -0.3 is 14.5 Å². The molecule has 0 radical (unpaired) electrons. The summed E-state index contributed by atoms with van der Waals surface area (Å²) in [7, 11) is 0. The summed E-state index contributed by atoms with van der Waals surface area (Å²) >= 11 is 0. The molecule has 0 aromatic carbocycles. The van der Waals surface area contributed by atoms with Crippen molar-refractivity contribution in [3.8, 4) is 0 Å². The van der Waals surface area contributed by atoms with Crippen LogP contribution in [0.2, 0.25) is 0 Å². The van der Waals surface area contributed by atoms with Crippen LogP contribution in [-0.4, -0.2) is 48.6 Å². The number of nitrogens with zero attached hydrogens (tertiary/aromatic N) is 2. The Morgan fingerprint density at radius 3 is 2.68 bits per heavy atom. The molecule has 0 atom stereocenters. The Balaban J connectivity index is 1.73. The van der Waals surface area contributed by atoms with Gasteiger partial charge in [0.15, 0.2) is 0 Å². The van der Waals surface area contributed by atoms with Gasteiger partial charge in [0.2, 0.25) is 5.91 Å². The van der Waals surface area contributed by atoms with Crippen LogP contribution >= 0.6 is 0 Å². The first-order chi connectivity index (χ1) is 9.34. The summed E-state index contributed by atoms with van der Waals surface area (Å²) < 4.78 is 5.40. The molecule has 0 saturated carbocycles. The zero-order valence-electron chi connectivity index (χ0n) is 11.4. The third kappa shape index (κ3) is 2.84. The van der Waals surface area contributed by atoms with Crippen molar-refractivity contribution in [2.45, 2.75) is 32.1 Å². The zero-order chi connectivity index (χ0) is 13.1. The molecule has 2 aliphatic heterocycles. The monoisotopic (exact) mass is 262 g/mol. The number of piperidine rings is 1. The third-order valence-electron chi connectivity index (χ3n) is 4.11. The van der Waals surface area contributed by atoms with E-state index >= 15 is 0 Å². The van der Waals surface area contributed by atoms with Crippen molar-refractivity contribution >= 4 is 5.91 Å². The van der Waals surface area contributed by atoms with Gasteiger partial charge in [0.1, 0.15) is 0 Å². The highest BCUT2D eigenvalue weighted by atomic mass is 16.5. The Morgan fingerprint density at radius 1 is 1.05 bits per heavy atom. The fourth-order valence-corrected chi connectivity index (χ4v) is 3.03. The molecule has 3 aliphatic rings. The fourth-order valence-electron chi connectivity index (χ4n) is 3.03. The molecule has 4 nitrogen and oxygen atoms in total. The minimum absolute atomic E-state index is 0.306. The predicted molar refractivity (Wildman–Crippen MR) is 73.4 cm³/mol. The van der Waals surface area contributed by atoms with Crippen molar-refractivity contribution in [3.05, 3.63) is 23.5 Å². The van der Waals surface area contributed by atoms with Crippen LogP contribution in [0.15, 0.2) is 23.5 Å². The Bertz CT molecular complexity index is 408. The first-order valence-electron chi connectivity index (χ1n) is 7.38. The number of rotatable bonds is 2. The number of hydrogen-bond acceptors (Lipinski definition) is 3. The molecule has 2 saturated heterocycles. The van der Waals surface area contributed by atoms with E-state index in [4.69, 9.17) is 4.74 Å². The average Bonchev–Trinajstić information content (AvgIpc) is 2.49. The molecule has 0 N–H and O–H groups in total. The second-order valence-electron chi connectivity index (χ2n) is 5.41. The van der Waals surface area contributed by atoms with E-state index < -0.39 is 0 Å². The lowest BCUT2D eigenvalue weighted by atomic mass is 10.0. The largest absolute Gasteiger partial charge is 0.378 e. The van der Waals surface area contributed by atoms with E-state index in [0.717, 1.165) is 58.5 Å². The number of carbonyl (C=O) groups is 1. The van der Waals surface area contributed by atoms with Crippen LogP contribution < -0.4 is 0 Å². The molecule has 2 fully saturated rings. The Morgan fingerprint density at radius 2 is 1.89 bits per heavy atom. The molecule has 0 aromatic rings. The van der Waals surface area contributed by atoms with Gasteiger partial charge in [-0.15, -0.1) is 0 Å². The fraction of sp³-hybridized carbons (Fsp3) is 0.667. The summed E-state index contributed by atoms with van der Waals surface area (Å²) in [6, 6.07) is 0. The topological polar surface area (TPSA) is 32.8 Å². The van der Waals surface area contributed by atoms with Crippen LogP contribution in [0, 0.1) is 0 Å². The lowest BCUT2D eigenvalue weighted by molar-refractivity contribution is -0.131. The van der Waals surface area contributed by atoms with Crippen LogP contribution in [0.4, 0.5) is 0 Å². The van der Waals surface area contributed by atoms with Crippen molar-refractivity contribution in [2.75, 3.05) is 32.8 Å². The van der Waals surface area contributed by atoms with Gasteiger partial charge in [-0.3, -0.25) is 4.79 Å². The van der Waals surface area contributed by atoms with Crippen LogP contribution in [-0.2, 0) is 9.53 Å². The molecule has 0 spiro atoms. The smallest absolute Gasteiger partial charge is 0.226 e. The third-order valence-corrected chi connectivity index (χ3v) is 4.11. The summed E-state index contributed by atoms with van der Waals surface area (Å²) in [6.07, 6.45) is 9.46. The molecule has 104 valence electrons. The minimum atomic E-state index is 0.306. The van der Waals surface area contributed by atoms with E-state index in [-0.39, 0.29) is 0 Å². The van der Waals surface area contributed by atoms with Gasteiger partial charge in [0, 0.05) is 37.4 Å². The average molecular weight is 262 g/mol. The van der Waals surface area contributed by atoms with Crippen LogP contribution in [0.3, 0.4) is 0 Å². The standard InChI is InChI=1S/C15H22N2O2/c18-15-6-1-2-7-17(15)14-5-3-4-13(12-14)16-8-10-19-11-9-16/h4,12H,1-3,5-11H2. The van der Waals surface area contributed by atoms with Gasteiger partial charge in [0.25, 0.3) is 0 Å². The van der Waals surface area contributed by atoms with Crippen LogP contribution in [0.5, 0.6) is 0 Å². The molecule has 1 aliphatic carbocycles. The quantitative estimate of drug-likeness (QED) is 0.762. The first kappa shape index (κ1) is 12.7. The van der Waals surface area contributed by atoms with Gasteiger partial charge >= 0.3 is 0 Å². The number of likely N-dealkylation sites (tertiary alicyclic amines) is 1. The number of amides is 1. The van der Waals surface area contributed by atoms with Crippen molar-refractivity contribution in [2.24, 2.45) is 0 Å². The van der Waals surface area contributed by atoms with E-state index in [1.165, 1.54) is 11.4 Å². The summed E-state index contributed by atoms with van der Waals surface area (Å²) in [5, 5.41) is 0.